The van der Waals surface area contributed by atoms with Gasteiger partial charge >= 0.3 is 0 Å². The number of carbonyl (C=O) groups is 9. The highest BCUT2D eigenvalue weighted by molar-refractivity contribution is 5.83. The molecule has 0 heterocycles. The fourth-order valence-electron chi connectivity index (χ4n) is 5.57. The highest BCUT2D eigenvalue weighted by atomic mass is 16.5. The molecule has 0 saturated carbocycles. The summed E-state index contributed by atoms with van der Waals surface area (Å²) < 4.78 is 141. The molecule has 23 heteroatoms. The molecule has 0 aliphatic rings. The Morgan fingerprint density at radius 2 is 0.844 bits per heavy atom. The Hall–Kier alpha value is -4.65. The highest BCUT2D eigenvalue weighted by Crippen LogP contribution is 2.03. The van der Waals surface area contributed by atoms with Crippen LogP contribution in [0.1, 0.15) is 128 Å². The number of ketones is 2. The second-order valence-corrected chi connectivity index (χ2v) is 15.0. The fourth-order valence-corrected chi connectivity index (χ4v) is 5.57. The van der Waals surface area contributed by atoms with E-state index in [4.69, 9.17) is 71.8 Å². The summed E-state index contributed by atoms with van der Waals surface area (Å²) in [6, 6.07) is -1.87. The Labute approximate surface area is 415 Å². The van der Waals surface area contributed by atoms with Gasteiger partial charge in [-0.2, -0.15) is 0 Å². The van der Waals surface area contributed by atoms with Gasteiger partial charge in [0.2, 0.25) is 41.4 Å². The molecule has 0 bridgehead atoms. The first-order chi connectivity index (χ1) is 42.6. The summed E-state index contributed by atoms with van der Waals surface area (Å²) in [7, 11) is 0. The molecule has 0 spiro atoms. The smallest absolute Gasteiger partial charge is 0.246 e. The third kappa shape index (κ3) is 37.9. The maximum absolute atomic E-state index is 12.2. The number of hydrogen-bond donors (Lipinski definition) is 10. The van der Waals surface area contributed by atoms with Crippen LogP contribution in [0.4, 0.5) is 0 Å². The number of ether oxygens (including phenoxy) is 4. The molecule has 23 nitrogen and oxygen atoms in total. The summed E-state index contributed by atoms with van der Waals surface area (Å²) in [4.78, 5) is 105. The van der Waals surface area contributed by atoms with Gasteiger partial charge in [0.25, 0.3) is 0 Å². The summed E-state index contributed by atoms with van der Waals surface area (Å²) in [5.41, 5.74) is 16.7. The molecule has 0 aliphatic carbocycles. The number of Topliss-reactive ketones (excluding diaryl/α,β-unsaturated/α-hetero) is 2. The molecular weight excluding hydrogens is 841 g/mol. The molecule has 3 atom stereocenters. The van der Waals surface area contributed by atoms with Crippen LogP contribution in [0, 0.1) is 0 Å². The predicted octanol–water partition coefficient (Wildman–Crippen LogP) is -0.0947. The van der Waals surface area contributed by atoms with E-state index in [9.17, 15) is 43.2 Å². The number of nitrogens with one attached hydrogen (secondary N) is 7. The standard InChI is InChI=1S/C41H76N10O13.13H2/c1-30(52)26-50-33(39(43)58)11-4-7-16-46-37(56)28-63-24-23-62-21-19-48-38(57)29-64-25-22-61-20-18-47-36(55)14-9-13-35(54)45-15-6-3-10-32(42)41(60)49-17-8-5-12-34(40(44)59)51-27-31(2)53;;;;;;;;;;;;;/h32-34,50-51H,3-29,42H2,1-2H3,(H2,43,58)(H2,44,59)(H,45,54)(H,46,56)(H,47,55)(H,48,57)(H,49,60);13*1H/t32-,33-,34-;;;;;;;;;;;;;/m0............./s1/i;12*1+1D;1+1. The van der Waals surface area contributed by atoms with Crippen LogP contribution in [0.15, 0.2) is 0 Å². The van der Waals surface area contributed by atoms with Crippen molar-refractivity contribution in [3.05, 3.63) is 0 Å². The van der Waals surface area contributed by atoms with Crippen molar-refractivity contribution < 1.29 is 99.2 Å². The van der Waals surface area contributed by atoms with Crippen molar-refractivity contribution in [3.63, 3.8) is 0 Å². The van der Waals surface area contributed by atoms with E-state index < -0.39 is 29.9 Å². The van der Waals surface area contributed by atoms with Crippen LogP contribution in [-0.2, 0) is 62.1 Å². The molecule has 0 aromatic rings. The maximum atomic E-state index is 12.2. The van der Waals surface area contributed by atoms with Crippen molar-refractivity contribution >= 4 is 52.9 Å². The lowest BCUT2D eigenvalue weighted by Gasteiger charge is -2.15. The second-order valence-electron chi connectivity index (χ2n) is 15.0. The molecule has 0 saturated heterocycles. The Kier molecular flexibility index (Phi) is 25.5. The zero-order valence-electron chi connectivity index (χ0n) is 61.9. The number of primary amides is 2. The van der Waals surface area contributed by atoms with E-state index in [0.717, 1.165) is 0 Å². The van der Waals surface area contributed by atoms with Crippen molar-refractivity contribution in [2.75, 3.05) is 98.7 Å². The van der Waals surface area contributed by atoms with Gasteiger partial charge in [-0.05, 0) is 78.1 Å². The van der Waals surface area contributed by atoms with Gasteiger partial charge in [0.05, 0.1) is 70.9 Å². The van der Waals surface area contributed by atoms with Gasteiger partial charge in [-0.15, -0.1) is 0 Å². The van der Waals surface area contributed by atoms with Gasteiger partial charge in [0.1, 0.15) is 24.8 Å². The lowest BCUT2D eigenvalue weighted by atomic mass is 10.1. The maximum Gasteiger partial charge on any atom is 0.246 e. The third-order valence-electron chi connectivity index (χ3n) is 9.10. The van der Waals surface area contributed by atoms with Crippen molar-refractivity contribution in [3.8, 4) is 0 Å². The SMILES string of the molecule is CC(=O)CN[C@@H](CCCCNC(=O)COCCOCCNC(=O)COCCOCCNC(=O)CCCC(=O)NCCCC[C@H](N)C(=O)NCCCC[C@H](NCC(C)=O)C(N)=O)C(N)=O.[2HH].[2H][2H].[2H][2H].[2H][2H].[2H][2H].[2H][2H].[2H][2H].[2H][2H].[2H][2H].[2H][2H].[2H][2H].[2H][2H].[2H][2H]. The molecule has 64 heavy (non-hydrogen) atoms. The van der Waals surface area contributed by atoms with Gasteiger partial charge in [-0.25, -0.2) is 0 Å². The second kappa shape index (κ2) is 39.9. The van der Waals surface area contributed by atoms with E-state index in [1.54, 1.807) is 0 Å². The molecule has 7 amide bonds. The largest absolute Gasteiger partial charge is 0.377 e. The molecule has 0 aromatic carbocycles. The van der Waals surface area contributed by atoms with Crippen LogP contribution in [0.25, 0.3) is 0 Å². The van der Waals surface area contributed by atoms with E-state index in [0.29, 0.717) is 83.8 Å². The first-order valence-electron chi connectivity index (χ1n) is 34.1. The first-order valence-corrected chi connectivity index (χ1v) is 22.1. The number of hydrogen-bond acceptors (Lipinski definition) is 16. The lowest BCUT2D eigenvalue weighted by molar-refractivity contribution is -0.127. The van der Waals surface area contributed by atoms with Crippen LogP contribution in [0.3, 0.4) is 0 Å². The summed E-state index contributed by atoms with van der Waals surface area (Å²) in [6.07, 6.45) is 5.95. The molecule has 0 unspecified atom stereocenters. The summed E-state index contributed by atoms with van der Waals surface area (Å²) >= 11 is 0. The lowest BCUT2D eigenvalue weighted by Crippen LogP contribution is -2.43. The van der Waals surface area contributed by atoms with Gasteiger partial charge in [-0.1, -0.05) is 0 Å². The molecule has 13 N–H and O–H groups in total. The number of amides is 7. The van der Waals surface area contributed by atoms with Gasteiger partial charge in [-0.3, -0.25) is 53.8 Å². The average molecular weight is 968 g/mol. The normalized spacial score (nSPS) is 13.9. The minimum atomic E-state index is -0.678. The zero-order chi connectivity index (χ0) is 71.8. The van der Waals surface area contributed by atoms with Gasteiger partial charge in [0, 0.05) is 82.6 Å². The van der Waals surface area contributed by atoms with E-state index in [-0.39, 0.29) is 134 Å². The van der Waals surface area contributed by atoms with Crippen LogP contribution < -0.4 is 54.4 Å². The predicted molar refractivity (Wildman–Crippen MR) is 263 cm³/mol. The number of unbranched alkanes of at least 4 members (excludes halogenated alkanes) is 3. The van der Waals surface area contributed by atoms with Crippen LogP contribution >= 0.6 is 0 Å². The van der Waals surface area contributed by atoms with E-state index in [1.165, 1.54) is 13.8 Å². The van der Waals surface area contributed by atoms with Crippen molar-refractivity contribution in [2.45, 2.75) is 109 Å². The van der Waals surface area contributed by atoms with Gasteiger partial charge < -0.3 is 62.7 Å². The average Bonchev–Trinajstić information content (AvgIpc) is 3.56. The number of carbonyl (C=O) groups excluding carboxylic acids is 9. The molecule has 0 fully saturated rings. The molecule has 0 radical (unpaired) electrons. The van der Waals surface area contributed by atoms with Crippen LogP contribution in [0.2, 0.25) is 0 Å². The van der Waals surface area contributed by atoms with E-state index in [1.807, 2.05) is 0 Å². The van der Waals surface area contributed by atoms with E-state index >= 15 is 0 Å². The van der Waals surface area contributed by atoms with Crippen molar-refractivity contribution in [2.24, 2.45) is 17.2 Å². The summed E-state index contributed by atoms with van der Waals surface area (Å²) in [5.74, 6) is -2.48. The van der Waals surface area contributed by atoms with E-state index in [2.05, 4.69) is 37.2 Å². The first kappa shape index (κ1) is 40.8. The van der Waals surface area contributed by atoms with Crippen LogP contribution in [0.5, 0.6) is 0 Å². The van der Waals surface area contributed by atoms with Crippen LogP contribution in [-0.4, -0.2) is 170 Å². The Bertz CT molecular complexity index is 1470. The minimum Gasteiger partial charge on any atom is -0.377 e. The molecular formula is C41H102N10O13. The van der Waals surface area contributed by atoms with Gasteiger partial charge in [0.15, 0.2) is 0 Å². The Balaban J connectivity index is -0.000000166. The minimum absolute atomic E-state index is 0. The summed E-state index contributed by atoms with van der Waals surface area (Å²) in [5, 5.41) is 19.3. The zero-order valence-corrected chi connectivity index (χ0v) is 37.9. The van der Waals surface area contributed by atoms with Crippen molar-refractivity contribution in [1.82, 2.24) is 37.2 Å². The molecule has 0 rings (SSSR count). The molecule has 0 aliphatic heterocycles. The highest BCUT2D eigenvalue weighted by Gasteiger charge is 2.17. The fraction of sp³-hybridized carbons (Fsp3) is 0.780. The number of rotatable bonds is 44. The Morgan fingerprint density at radius 3 is 1.28 bits per heavy atom. The monoisotopic (exact) mass is 968 g/mol. The number of nitrogens with two attached hydrogens (primary N) is 3. The molecule has 0 aromatic heterocycles. The topological polar surface area (TPSA) is 353 Å². The molecule has 394 valence electrons. The Morgan fingerprint density at radius 1 is 0.469 bits per heavy atom. The third-order valence-corrected chi connectivity index (χ3v) is 9.10. The summed E-state index contributed by atoms with van der Waals surface area (Å²) in [6.45, 7) is 5.82. The van der Waals surface area contributed by atoms with Crippen molar-refractivity contribution in [1.29, 1.82) is 0 Å². The quantitative estimate of drug-likeness (QED) is 0.0357.